The van der Waals surface area contributed by atoms with Crippen LogP contribution in [0.25, 0.3) is 5.70 Å². The van der Waals surface area contributed by atoms with Crippen LogP contribution in [-0.2, 0) is 4.74 Å². The van der Waals surface area contributed by atoms with Gasteiger partial charge in [-0.25, -0.2) is 4.98 Å². The SMILES string of the molecule is C1=C(c2ncco2)NCO1. The van der Waals surface area contributed by atoms with Gasteiger partial charge in [0.05, 0.1) is 6.20 Å². The van der Waals surface area contributed by atoms with Crippen molar-refractivity contribution in [1.82, 2.24) is 10.3 Å². The van der Waals surface area contributed by atoms with Crippen LogP contribution < -0.4 is 5.32 Å². The minimum atomic E-state index is 0.498. The molecule has 0 saturated heterocycles. The van der Waals surface area contributed by atoms with Crippen molar-refractivity contribution in [3.8, 4) is 0 Å². The lowest BCUT2D eigenvalue weighted by molar-refractivity contribution is 0.267. The van der Waals surface area contributed by atoms with Gasteiger partial charge in [-0.2, -0.15) is 0 Å². The molecule has 0 spiro atoms. The van der Waals surface area contributed by atoms with Gasteiger partial charge in [0.2, 0.25) is 5.89 Å². The number of oxazole rings is 1. The van der Waals surface area contributed by atoms with Gasteiger partial charge in [-0.15, -0.1) is 0 Å². The Morgan fingerprint density at radius 2 is 2.60 bits per heavy atom. The molecule has 10 heavy (non-hydrogen) atoms. The maximum Gasteiger partial charge on any atom is 0.245 e. The average Bonchev–Trinajstić information content (AvgIpc) is 2.59. The van der Waals surface area contributed by atoms with Gasteiger partial charge in [0.25, 0.3) is 0 Å². The normalized spacial score (nSPS) is 15.8. The topological polar surface area (TPSA) is 47.3 Å². The third-order valence-electron chi connectivity index (χ3n) is 1.21. The Morgan fingerprint density at radius 3 is 3.20 bits per heavy atom. The Balaban J connectivity index is 2.28. The Hall–Kier alpha value is -1.45. The molecule has 0 atom stereocenters. The Morgan fingerprint density at radius 1 is 1.60 bits per heavy atom. The van der Waals surface area contributed by atoms with Crippen LogP contribution in [0.5, 0.6) is 0 Å². The molecule has 1 aliphatic rings. The van der Waals surface area contributed by atoms with Gasteiger partial charge in [0.1, 0.15) is 18.2 Å². The predicted molar refractivity (Wildman–Crippen MR) is 33.6 cm³/mol. The molecule has 1 N–H and O–H groups in total. The molecule has 52 valence electrons. The molecule has 0 amide bonds. The number of hydrogen-bond donors (Lipinski definition) is 1. The summed E-state index contributed by atoms with van der Waals surface area (Å²) in [4.78, 5) is 3.92. The largest absolute Gasteiger partial charge is 0.479 e. The summed E-state index contributed by atoms with van der Waals surface area (Å²) in [6.45, 7) is 0.498. The lowest BCUT2D eigenvalue weighted by Gasteiger charge is -1.92. The third kappa shape index (κ3) is 0.737. The van der Waals surface area contributed by atoms with Crippen LogP contribution in [0.4, 0.5) is 0 Å². The van der Waals surface area contributed by atoms with E-state index in [0.717, 1.165) is 5.70 Å². The lowest BCUT2D eigenvalue weighted by atomic mass is 10.5. The highest BCUT2D eigenvalue weighted by atomic mass is 16.5. The summed E-state index contributed by atoms with van der Waals surface area (Å²) in [5.41, 5.74) is 0.796. The summed E-state index contributed by atoms with van der Waals surface area (Å²) in [7, 11) is 0. The standard InChI is InChI=1S/C6H6N2O2/c1-2-10-6(7-1)5-3-9-4-8-5/h1-3,8H,4H2. The van der Waals surface area contributed by atoms with E-state index in [-0.39, 0.29) is 0 Å². The van der Waals surface area contributed by atoms with E-state index in [4.69, 9.17) is 9.15 Å². The molecule has 4 heteroatoms. The molecule has 1 aromatic heterocycles. The molecule has 2 rings (SSSR count). The summed E-state index contributed by atoms with van der Waals surface area (Å²) in [5.74, 6) is 0.567. The Labute approximate surface area is 57.5 Å². The van der Waals surface area contributed by atoms with Gasteiger partial charge in [0, 0.05) is 0 Å². The zero-order chi connectivity index (χ0) is 6.81. The van der Waals surface area contributed by atoms with Gasteiger partial charge in [-0.05, 0) is 0 Å². The van der Waals surface area contributed by atoms with Gasteiger partial charge in [-0.3, -0.25) is 0 Å². The van der Waals surface area contributed by atoms with Crippen molar-refractivity contribution in [3.63, 3.8) is 0 Å². The highest BCUT2D eigenvalue weighted by Crippen LogP contribution is 2.11. The van der Waals surface area contributed by atoms with Crippen molar-refractivity contribution in [2.45, 2.75) is 0 Å². The van der Waals surface area contributed by atoms with Crippen molar-refractivity contribution >= 4 is 5.70 Å². The highest BCUT2D eigenvalue weighted by molar-refractivity contribution is 5.55. The molecule has 0 bridgehead atoms. The summed E-state index contributed by atoms with van der Waals surface area (Å²) in [6, 6.07) is 0. The molecule has 0 fully saturated rings. The van der Waals surface area contributed by atoms with Gasteiger partial charge < -0.3 is 14.5 Å². The summed E-state index contributed by atoms with van der Waals surface area (Å²) in [6.07, 6.45) is 4.71. The zero-order valence-electron chi connectivity index (χ0n) is 5.20. The van der Waals surface area contributed by atoms with E-state index < -0.39 is 0 Å². The van der Waals surface area contributed by atoms with Crippen LogP contribution >= 0.6 is 0 Å². The fourth-order valence-corrected chi connectivity index (χ4v) is 0.769. The fourth-order valence-electron chi connectivity index (χ4n) is 0.769. The molecule has 0 unspecified atom stereocenters. The first kappa shape index (κ1) is 5.34. The molecule has 2 heterocycles. The van der Waals surface area contributed by atoms with Crippen molar-refractivity contribution in [2.75, 3.05) is 6.73 Å². The number of hydrogen-bond acceptors (Lipinski definition) is 4. The molecule has 1 aliphatic heterocycles. The molecule has 0 radical (unpaired) electrons. The maximum atomic E-state index is 5.00. The molecular weight excluding hydrogens is 132 g/mol. The minimum absolute atomic E-state index is 0.498. The van der Waals surface area contributed by atoms with Crippen LogP contribution in [0.3, 0.4) is 0 Å². The smallest absolute Gasteiger partial charge is 0.245 e. The van der Waals surface area contributed by atoms with Crippen LogP contribution in [0.15, 0.2) is 23.1 Å². The Bertz CT molecular complexity index is 240. The predicted octanol–water partition coefficient (Wildman–Crippen LogP) is 0.550. The second-order valence-electron chi connectivity index (χ2n) is 1.86. The second-order valence-corrected chi connectivity index (χ2v) is 1.86. The second kappa shape index (κ2) is 2.06. The molecule has 0 aliphatic carbocycles. The molecule has 4 nitrogen and oxygen atoms in total. The van der Waals surface area contributed by atoms with Crippen molar-refractivity contribution < 1.29 is 9.15 Å². The Kier molecular flexibility index (Phi) is 1.10. The van der Waals surface area contributed by atoms with E-state index in [2.05, 4.69) is 10.3 Å². The number of nitrogens with one attached hydrogen (secondary N) is 1. The highest BCUT2D eigenvalue weighted by Gasteiger charge is 2.09. The molecular formula is C6H6N2O2. The van der Waals surface area contributed by atoms with Crippen LogP contribution in [-0.4, -0.2) is 11.7 Å². The van der Waals surface area contributed by atoms with E-state index in [1.54, 1.807) is 12.5 Å². The van der Waals surface area contributed by atoms with E-state index in [1.165, 1.54) is 6.26 Å². The first-order valence-corrected chi connectivity index (χ1v) is 2.92. The van der Waals surface area contributed by atoms with E-state index in [9.17, 15) is 0 Å². The van der Waals surface area contributed by atoms with Gasteiger partial charge in [0.15, 0.2) is 6.73 Å². The third-order valence-corrected chi connectivity index (χ3v) is 1.21. The molecule has 0 saturated carbocycles. The van der Waals surface area contributed by atoms with Crippen molar-refractivity contribution in [1.29, 1.82) is 0 Å². The van der Waals surface area contributed by atoms with Gasteiger partial charge >= 0.3 is 0 Å². The monoisotopic (exact) mass is 138 g/mol. The maximum absolute atomic E-state index is 5.00. The van der Waals surface area contributed by atoms with Crippen LogP contribution in [0.1, 0.15) is 5.89 Å². The van der Waals surface area contributed by atoms with Crippen LogP contribution in [0, 0.1) is 0 Å². The van der Waals surface area contributed by atoms with E-state index in [0.29, 0.717) is 12.6 Å². The van der Waals surface area contributed by atoms with E-state index >= 15 is 0 Å². The zero-order valence-corrected chi connectivity index (χ0v) is 5.20. The van der Waals surface area contributed by atoms with Crippen LogP contribution in [0.2, 0.25) is 0 Å². The molecule has 0 aromatic carbocycles. The summed E-state index contributed by atoms with van der Waals surface area (Å²) < 4.78 is 9.90. The first-order valence-electron chi connectivity index (χ1n) is 2.92. The number of aromatic nitrogens is 1. The van der Waals surface area contributed by atoms with Gasteiger partial charge in [-0.1, -0.05) is 0 Å². The number of ether oxygens (including phenoxy) is 1. The number of nitrogens with zero attached hydrogens (tertiary/aromatic N) is 1. The summed E-state index contributed by atoms with van der Waals surface area (Å²) >= 11 is 0. The van der Waals surface area contributed by atoms with Crippen molar-refractivity contribution in [2.24, 2.45) is 0 Å². The van der Waals surface area contributed by atoms with E-state index in [1.807, 2.05) is 0 Å². The fraction of sp³-hybridized carbons (Fsp3) is 0.167. The van der Waals surface area contributed by atoms with Crippen molar-refractivity contribution in [3.05, 3.63) is 24.6 Å². The lowest BCUT2D eigenvalue weighted by Crippen LogP contribution is -2.06. The quantitative estimate of drug-likeness (QED) is 0.615. The average molecular weight is 138 g/mol. The summed E-state index contributed by atoms with van der Waals surface area (Å²) in [5, 5.41) is 2.94. The number of rotatable bonds is 1. The minimum Gasteiger partial charge on any atom is -0.479 e. The first-order chi connectivity index (χ1) is 4.97. The molecule has 1 aromatic rings.